The number of fused-ring (bicyclic) bond motifs is 1. The summed E-state index contributed by atoms with van der Waals surface area (Å²) in [5.74, 6) is 1.02. The maximum Gasteiger partial charge on any atom is 0.252 e. The lowest BCUT2D eigenvalue weighted by Crippen LogP contribution is -2.51. The molecule has 0 radical (unpaired) electrons. The van der Waals surface area contributed by atoms with E-state index in [0.717, 1.165) is 62.0 Å². The number of thiophene rings is 1. The van der Waals surface area contributed by atoms with Gasteiger partial charge in [-0.1, -0.05) is 33.8 Å². The summed E-state index contributed by atoms with van der Waals surface area (Å²) in [6.07, 6.45) is 6.65. The molecule has 40 heavy (non-hydrogen) atoms. The number of hydrogen-bond donors (Lipinski definition) is 1. The fourth-order valence-corrected chi connectivity index (χ4v) is 6.47. The van der Waals surface area contributed by atoms with Crippen LogP contribution in [0.2, 0.25) is 0 Å². The van der Waals surface area contributed by atoms with Gasteiger partial charge in [0, 0.05) is 42.6 Å². The predicted octanol–water partition coefficient (Wildman–Crippen LogP) is 6.61. The number of carbonyl (C=O) groups excluding carboxylic acids is 2. The minimum absolute atomic E-state index is 0.0314. The number of carbonyl (C=O) groups is 2. The molecule has 8 heteroatoms. The molecule has 4 rings (SSSR count). The molecule has 0 bridgehead atoms. The monoisotopic (exact) mass is 566 g/mol. The van der Waals surface area contributed by atoms with E-state index in [9.17, 15) is 9.59 Å². The quantitative estimate of drug-likeness (QED) is 0.253. The molecule has 0 spiro atoms. The van der Waals surface area contributed by atoms with Gasteiger partial charge in [-0.3, -0.25) is 9.59 Å². The molecule has 218 valence electrons. The lowest BCUT2D eigenvalue weighted by molar-refractivity contribution is -0.136. The summed E-state index contributed by atoms with van der Waals surface area (Å²) in [6.45, 7) is 12.5. The van der Waals surface area contributed by atoms with Crippen molar-refractivity contribution in [1.82, 2.24) is 19.8 Å². The zero-order valence-electron chi connectivity index (χ0n) is 24.8. The standard InChI is InChI=1S/C32H46N4O3S/c1-6-24(7-2)36-29-15-14-23(19-27(29)33-30(36)20-26-13-11-17-40-26)31(37)34-28(18-22(4)5)32(38)35(8-3)21-25-12-9-10-16-39-25/h11,13-15,17,19,22,24-25,28H,6-10,12,16,18,20-21H2,1-5H3,(H,34,37)/t25?,28-/m0/s1. The number of likely N-dealkylation sites (N-methyl/N-ethyl adjacent to an activating group) is 1. The summed E-state index contributed by atoms with van der Waals surface area (Å²) in [7, 11) is 0. The minimum Gasteiger partial charge on any atom is -0.376 e. The maximum absolute atomic E-state index is 13.6. The van der Waals surface area contributed by atoms with E-state index in [2.05, 4.69) is 55.1 Å². The Morgan fingerprint density at radius 2 is 1.98 bits per heavy atom. The molecule has 0 saturated carbocycles. The van der Waals surface area contributed by atoms with Gasteiger partial charge < -0.3 is 19.5 Å². The third-order valence-corrected chi connectivity index (χ3v) is 8.82. The predicted molar refractivity (Wildman–Crippen MR) is 163 cm³/mol. The molecule has 2 aromatic heterocycles. The van der Waals surface area contributed by atoms with Crippen LogP contribution in [-0.4, -0.2) is 58.1 Å². The van der Waals surface area contributed by atoms with Crippen LogP contribution in [0.1, 0.15) is 100 Å². The number of aromatic nitrogens is 2. The Hall–Kier alpha value is -2.71. The van der Waals surface area contributed by atoms with E-state index in [-0.39, 0.29) is 23.8 Å². The molecule has 1 unspecified atom stereocenters. The highest BCUT2D eigenvalue weighted by molar-refractivity contribution is 7.09. The summed E-state index contributed by atoms with van der Waals surface area (Å²) in [4.78, 5) is 35.3. The smallest absolute Gasteiger partial charge is 0.252 e. The Labute approximate surface area is 243 Å². The average molecular weight is 567 g/mol. The van der Waals surface area contributed by atoms with Gasteiger partial charge in [-0.15, -0.1) is 11.3 Å². The average Bonchev–Trinajstić information content (AvgIpc) is 3.59. The van der Waals surface area contributed by atoms with Crippen LogP contribution in [0.15, 0.2) is 35.7 Å². The molecule has 1 saturated heterocycles. The summed E-state index contributed by atoms with van der Waals surface area (Å²) in [6, 6.07) is 9.76. The van der Waals surface area contributed by atoms with Crippen LogP contribution in [0.3, 0.4) is 0 Å². The highest BCUT2D eigenvalue weighted by Gasteiger charge is 2.29. The van der Waals surface area contributed by atoms with Crippen molar-refractivity contribution in [3.05, 3.63) is 52.0 Å². The molecule has 7 nitrogen and oxygen atoms in total. The first-order valence-corrected chi connectivity index (χ1v) is 16.0. The van der Waals surface area contributed by atoms with Crippen molar-refractivity contribution in [3.8, 4) is 0 Å². The number of rotatable bonds is 13. The topological polar surface area (TPSA) is 76.5 Å². The zero-order valence-corrected chi connectivity index (χ0v) is 25.6. The molecular weight excluding hydrogens is 520 g/mol. The van der Waals surface area contributed by atoms with Crippen LogP contribution < -0.4 is 5.32 Å². The Morgan fingerprint density at radius 3 is 2.60 bits per heavy atom. The highest BCUT2D eigenvalue weighted by atomic mass is 32.1. The van der Waals surface area contributed by atoms with Crippen LogP contribution in [0, 0.1) is 5.92 Å². The van der Waals surface area contributed by atoms with Crippen molar-refractivity contribution in [3.63, 3.8) is 0 Å². The maximum atomic E-state index is 13.6. The molecule has 1 aliphatic heterocycles. The molecule has 3 aromatic rings. The Bertz CT molecular complexity index is 1240. The van der Waals surface area contributed by atoms with E-state index >= 15 is 0 Å². The molecule has 2 atom stereocenters. The number of hydrogen-bond acceptors (Lipinski definition) is 5. The second kappa shape index (κ2) is 14.3. The van der Waals surface area contributed by atoms with Gasteiger partial charge in [0.25, 0.3) is 5.91 Å². The molecule has 1 fully saturated rings. The first kappa shape index (κ1) is 30.3. The fraction of sp³-hybridized carbons (Fsp3) is 0.594. The highest BCUT2D eigenvalue weighted by Crippen LogP contribution is 2.28. The second-order valence-corrected chi connectivity index (χ2v) is 12.4. The molecular formula is C32H46N4O3S. The van der Waals surface area contributed by atoms with Gasteiger partial charge in [0.05, 0.1) is 17.1 Å². The second-order valence-electron chi connectivity index (χ2n) is 11.3. The van der Waals surface area contributed by atoms with E-state index in [0.29, 0.717) is 31.1 Å². The number of amides is 2. The van der Waals surface area contributed by atoms with E-state index in [1.165, 1.54) is 4.88 Å². The normalized spacial score (nSPS) is 16.5. The van der Waals surface area contributed by atoms with Crippen LogP contribution in [0.25, 0.3) is 11.0 Å². The first-order chi connectivity index (χ1) is 19.3. The van der Waals surface area contributed by atoms with Gasteiger partial charge in [-0.25, -0.2) is 4.98 Å². The number of nitrogens with zero attached hydrogens (tertiary/aromatic N) is 3. The van der Waals surface area contributed by atoms with Gasteiger partial charge in [-0.05, 0) is 81.0 Å². The van der Waals surface area contributed by atoms with Gasteiger partial charge in [-0.2, -0.15) is 0 Å². The molecule has 1 aliphatic rings. The lowest BCUT2D eigenvalue weighted by Gasteiger charge is -2.32. The number of ether oxygens (including phenoxy) is 1. The van der Waals surface area contributed by atoms with E-state index in [4.69, 9.17) is 9.72 Å². The van der Waals surface area contributed by atoms with Crippen molar-refractivity contribution in [2.45, 2.75) is 97.8 Å². The van der Waals surface area contributed by atoms with Crippen LogP contribution >= 0.6 is 11.3 Å². The van der Waals surface area contributed by atoms with E-state index < -0.39 is 6.04 Å². The van der Waals surface area contributed by atoms with Crippen molar-refractivity contribution in [2.24, 2.45) is 5.92 Å². The van der Waals surface area contributed by atoms with Crippen LogP contribution in [-0.2, 0) is 16.0 Å². The van der Waals surface area contributed by atoms with Gasteiger partial charge >= 0.3 is 0 Å². The summed E-state index contributed by atoms with van der Waals surface area (Å²) in [5.41, 5.74) is 2.41. The fourth-order valence-electron chi connectivity index (χ4n) is 5.77. The first-order valence-electron chi connectivity index (χ1n) is 15.1. The molecule has 3 heterocycles. The van der Waals surface area contributed by atoms with Crippen molar-refractivity contribution >= 4 is 34.2 Å². The molecule has 2 amide bonds. The SMILES string of the molecule is CCC(CC)n1c(Cc2cccs2)nc2cc(C(=O)N[C@@H](CC(C)C)C(=O)N(CC)CC3CCCCO3)ccc21. The van der Waals surface area contributed by atoms with Crippen molar-refractivity contribution in [2.75, 3.05) is 19.7 Å². The zero-order chi connectivity index (χ0) is 28.6. The summed E-state index contributed by atoms with van der Waals surface area (Å²) < 4.78 is 8.26. The Kier molecular flexibility index (Phi) is 10.8. The Morgan fingerprint density at radius 1 is 1.18 bits per heavy atom. The number of benzene rings is 1. The molecule has 1 N–H and O–H groups in total. The van der Waals surface area contributed by atoms with Crippen LogP contribution in [0.4, 0.5) is 0 Å². The van der Waals surface area contributed by atoms with E-state index in [1.54, 1.807) is 11.3 Å². The van der Waals surface area contributed by atoms with Crippen LogP contribution in [0.5, 0.6) is 0 Å². The Balaban J connectivity index is 1.57. The minimum atomic E-state index is -0.580. The van der Waals surface area contributed by atoms with Gasteiger partial charge in [0.15, 0.2) is 0 Å². The summed E-state index contributed by atoms with van der Waals surface area (Å²) in [5, 5.41) is 5.18. The van der Waals surface area contributed by atoms with Crippen molar-refractivity contribution < 1.29 is 14.3 Å². The number of imidazole rings is 1. The number of nitrogens with one attached hydrogen (secondary N) is 1. The lowest BCUT2D eigenvalue weighted by atomic mass is 10.0. The van der Waals surface area contributed by atoms with E-state index in [1.807, 2.05) is 30.0 Å². The van der Waals surface area contributed by atoms with Crippen molar-refractivity contribution in [1.29, 1.82) is 0 Å². The molecule has 0 aliphatic carbocycles. The largest absolute Gasteiger partial charge is 0.376 e. The van der Waals surface area contributed by atoms with Gasteiger partial charge in [0.2, 0.25) is 5.91 Å². The molecule has 1 aromatic carbocycles. The third-order valence-electron chi connectivity index (χ3n) is 7.95. The summed E-state index contributed by atoms with van der Waals surface area (Å²) >= 11 is 1.74. The van der Waals surface area contributed by atoms with Gasteiger partial charge in [0.1, 0.15) is 11.9 Å². The third kappa shape index (κ3) is 7.32.